The molecule has 1 aromatic carbocycles. The summed E-state index contributed by atoms with van der Waals surface area (Å²) in [6.45, 7) is 0.621. The second-order valence-corrected chi connectivity index (χ2v) is 7.02. The molecular weight excluding hydrogens is 326 g/mol. The quantitative estimate of drug-likeness (QED) is 0.747. The predicted molar refractivity (Wildman–Crippen MR) is 84.6 cm³/mol. The Balaban J connectivity index is 2.07. The first-order valence-electron chi connectivity index (χ1n) is 6.67. The third-order valence-electron chi connectivity index (χ3n) is 2.87. The lowest BCUT2D eigenvalue weighted by atomic mass is 10.2. The van der Waals surface area contributed by atoms with Crippen LogP contribution in [0.2, 0.25) is 5.02 Å². The van der Waals surface area contributed by atoms with E-state index in [1.54, 1.807) is 30.3 Å². The molecule has 0 atom stereocenters. The highest BCUT2D eigenvalue weighted by Crippen LogP contribution is 2.17. The minimum atomic E-state index is -3.55. The highest BCUT2D eigenvalue weighted by atomic mass is 35.5. The second kappa shape index (κ2) is 7.53. The zero-order valence-corrected chi connectivity index (χ0v) is 13.3. The van der Waals surface area contributed by atoms with E-state index in [0.29, 0.717) is 29.4 Å². The van der Waals surface area contributed by atoms with Gasteiger partial charge in [-0.15, -0.1) is 10.2 Å². The monoisotopic (exact) mass is 341 g/mol. The molecule has 2 rings (SSSR count). The maximum atomic E-state index is 12.3. The molecule has 2 N–H and O–H groups in total. The molecule has 0 saturated carbocycles. The van der Waals surface area contributed by atoms with E-state index >= 15 is 0 Å². The molecular formula is C14H16ClN3O3S. The molecule has 0 unspecified atom stereocenters. The largest absolute Gasteiger partial charge is 0.396 e. The van der Waals surface area contributed by atoms with E-state index in [9.17, 15) is 8.42 Å². The molecule has 6 nitrogen and oxygen atoms in total. The van der Waals surface area contributed by atoms with Crippen molar-refractivity contribution in [2.45, 2.75) is 17.2 Å². The number of aliphatic hydroxyl groups excluding tert-OH is 1. The smallest absolute Gasteiger partial charge is 0.201 e. The predicted octanol–water partition coefficient (Wildman–Crippen LogP) is 1.90. The molecule has 0 amide bonds. The number of rotatable bonds is 7. The second-order valence-electron chi connectivity index (χ2n) is 4.65. The lowest BCUT2D eigenvalue weighted by Crippen LogP contribution is -2.10. The van der Waals surface area contributed by atoms with Crippen molar-refractivity contribution in [3.05, 3.63) is 47.0 Å². The molecule has 1 aromatic heterocycles. The fourth-order valence-corrected chi connectivity index (χ4v) is 3.10. The molecule has 2 aromatic rings. The van der Waals surface area contributed by atoms with Crippen LogP contribution in [0.1, 0.15) is 12.0 Å². The molecule has 1 heterocycles. The summed E-state index contributed by atoms with van der Waals surface area (Å²) in [4.78, 5) is 0. The minimum absolute atomic E-state index is 0.0739. The van der Waals surface area contributed by atoms with E-state index in [0.717, 1.165) is 0 Å². The van der Waals surface area contributed by atoms with Gasteiger partial charge in [0, 0.05) is 18.2 Å². The molecule has 0 saturated heterocycles. The molecule has 22 heavy (non-hydrogen) atoms. The summed E-state index contributed by atoms with van der Waals surface area (Å²) in [7, 11) is -3.55. The van der Waals surface area contributed by atoms with Crippen LogP contribution in [-0.4, -0.2) is 36.9 Å². The summed E-state index contributed by atoms with van der Waals surface area (Å²) < 4.78 is 24.5. The van der Waals surface area contributed by atoms with Gasteiger partial charge in [-0.05, 0) is 36.2 Å². The summed E-state index contributed by atoms with van der Waals surface area (Å²) in [5.74, 6) is 0.315. The van der Waals surface area contributed by atoms with Crippen molar-refractivity contribution < 1.29 is 13.5 Å². The average Bonchev–Trinajstić information content (AvgIpc) is 2.50. The first-order chi connectivity index (χ1) is 10.5. The number of aliphatic hydroxyl groups is 1. The summed E-state index contributed by atoms with van der Waals surface area (Å²) in [6.07, 6.45) is 0.582. The van der Waals surface area contributed by atoms with Gasteiger partial charge in [0.15, 0.2) is 5.03 Å². The Labute approximate surface area is 134 Å². The van der Waals surface area contributed by atoms with Crippen molar-refractivity contribution >= 4 is 27.3 Å². The summed E-state index contributed by atoms with van der Waals surface area (Å²) in [6, 6.07) is 9.59. The number of aromatic nitrogens is 2. The summed E-state index contributed by atoms with van der Waals surface area (Å²) in [5.41, 5.74) is 0.636. The Hall–Kier alpha value is -1.70. The molecule has 0 aliphatic rings. The maximum absolute atomic E-state index is 12.3. The van der Waals surface area contributed by atoms with Gasteiger partial charge in [0.1, 0.15) is 5.82 Å². The van der Waals surface area contributed by atoms with Crippen LogP contribution in [0.5, 0.6) is 0 Å². The maximum Gasteiger partial charge on any atom is 0.201 e. The van der Waals surface area contributed by atoms with Gasteiger partial charge in [0.25, 0.3) is 0 Å². The van der Waals surface area contributed by atoms with Crippen LogP contribution >= 0.6 is 11.6 Å². The fraction of sp³-hybridized carbons (Fsp3) is 0.286. The van der Waals surface area contributed by atoms with Crippen molar-refractivity contribution in [2.75, 3.05) is 18.5 Å². The van der Waals surface area contributed by atoms with Gasteiger partial charge in [-0.2, -0.15) is 0 Å². The molecule has 0 aliphatic carbocycles. The number of nitrogens with one attached hydrogen (secondary N) is 1. The Kier molecular flexibility index (Phi) is 5.70. The van der Waals surface area contributed by atoms with Crippen LogP contribution in [-0.2, 0) is 15.6 Å². The Bertz CT molecular complexity index is 703. The molecule has 8 heteroatoms. The molecule has 0 fully saturated rings. The van der Waals surface area contributed by atoms with E-state index in [2.05, 4.69) is 15.5 Å². The van der Waals surface area contributed by atoms with Gasteiger partial charge in [0.2, 0.25) is 9.84 Å². The third-order valence-corrected chi connectivity index (χ3v) is 4.69. The highest BCUT2D eigenvalue weighted by molar-refractivity contribution is 7.90. The first kappa shape index (κ1) is 16.7. The van der Waals surface area contributed by atoms with Gasteiger partial charge in [-0.1, -0.05) is 23.7 Å². The minimum Gasteiger partial charge on any atom is -0.396 e. The van der Waals surface area contributed by atoms with E-state index in [1.807, 2.05) is 0 Å². The van der Waals surface area contributed by atoms with E-state index in [-0.39, 0.29) is 17.4 Å². The number of halogens is 1. The van der Waals surface area contributed by atoms with Crippen molar-refractivity contribution in [3.8, 4) is 0 Å². The third kappa shape index (κ3) is 4.66. The zero-order chi connectivity index (χ0) is 16.0. The standard InChI is InChI=1S/C14H16ClN3O3S/c15-12-4-2-11(3-5-12)10-22(20,21)14-7-6-13(17-18-14)16-8-1-9-19/h2-7,19H,1,8-10H2,(H,16,17). The van der Waals surface area contributed by atoms with Gasteiger partial charge >= 0.3 is 0 Å². The average molecular weight is 342 g/mol. The number of benzene rings is 1. The lowest BCUT2D eigenvalue weighted by Gasteiger charge is -2.06. The number of anilines is 1. The fourth-order valence-electron chi connectivity index (χ4n) is 1.75. The number of hydrogen-bond donors (Lipinski definition) is 2. The van der Waals surface area contributed by atoms with Gasteiger partial charge < -0.3 is 10.4 Å². The highest BCUT2D eigenvalue weighted by Gasteiger charge is 2.17. The number of nitrogens with zero attached hydrogens (tertiary/aromatic N) is 2. The summed E-state index contributed by atoms with van der Waals surface area (Å²) in [5, 5.41) is 19.7. The SMILES string of the molecule is O=S(=O)(Cc1ccc(Cl)cc1)c1ccc(NCCCO)nn1. The van der Waals surface area contributed by atoms with Gasteiger partial charge in [-0.3, -0.25) is 0 Å². The topological polar surface area (TPSA) is 92.2 Å². The van der Waals surface area contributed by atoms with E-state index < -0.39 is 9.84 Å². The normalized spacial score (nSPS) is 11.4. The van der Waals surface area contributed by atoms with Crippen LogP contribution in [0.3, 0.4) is 0 Å². The molecule has 0 spiro atoms. The molecule has 0 radical (unpaired) electrons. The lowest BCUT2D eigenvalue weighted by molar-refractivity contribution is 0.292. The number of sulfone groups is 1. The van der Waals surface area contributed by atoms with Crippen molar-refractivity contribution in [3.63, 3.8) is 0 Å². The van der Waals surface area contributed by atoms with Crippen LogP contribution < -0.4 is 5.32 Å². The van der Waals surface area contributed by atoms with Crippen LogP contribution in [0.15, 0.2) is 41.4 Å². The Morgan fingerprint density at radius 3 is 2.41 bits per heavy atom. The molecule has 118 valence electrons. The zero-order valence-electron chi connectivity index (χ0n) is 11.7. The summed E-state index contributed by atoms with van der Waals surface area (Å²) >= 11 is 5.78. The van der Waals surface area contributed by atoms with E-state index in [1.165, 1.54) is 6.07 Å². The molecule has 0 aliphatic heterocycles. The molecule has 0 bridgehead atoms. The van der Waals surface area contributed by atoms with Crippen molar-refractivity contribution in [2.24, 2.45) is 0 Å². The van der Waals surface area contributed by atoms with E-state index in [4.69, 9.17) is 16.7 Å². The van der Waals surface area contributed by atoms with Crippen LogP contribution in [0.4, 0.5) is 5.82 Å². The number of hydrogen-bond acceptors (Lipinski definition) is 6. The van der Waals surface area contributed by atoms with Crippen molar-refractivity contribution in [1.29, 1.82) is 0 Å². The van der Waals surface area contributed by atoms with Crippen LogP contribution in [0, 0.1) is 0 Å². The first-order valence-corrected chi connectivity index (χ1v) is 8.70. The van der Waals surface area contributed by atoms with Crippen LogP contribution in [0.25, 0.3) is 0 Å². The van der Waals surface area contributed by atoms with Gasteiger partial charge in [0.05, 0.1) is 5.75 Å². The van der Waals surface area contributed by atoms with Crippen molar-refractivity contribution in [1.82, 2.24) is 10.2 Å². The Morgan fingerprint density at radius 2 is 1.82 bits per heavy atom. The Morgan fingerprint density at radius 1 is 1.09 bits per heavy atom. The van der Waals surface area contributed by atoms with Gasteiger partial charge in [-0.25, -0.2) is 8.42 Å².